The molecule has 0 aromatic carbocycles. The predicted molar refractivity (Wildman–Crippen MR) is 108 cm³/mol. The summed E-state index contributed by atoms with van der Waals surface area (Å²) < 4.78 is 6.72. The molecule has 0 saturated carbocycles. The van der Waals surface area contributed by atoms with E-state index in [-0.39, 0.29) is 0 Å². The summed E-state index contributed by atoms with van der Waals surface area (Å²) in [6.45, 7) is 16.9. The first-order chi connectivity index (χ1) is 10.2. The van der Waals surface area contributed by atoms with Gasteiger partial charge in [-0.15, -0.1) is 0 Å². The van der Waals surface area contributed by atoms with Crippen LogP contribution in [-0.4, -0.2) is 22.5 Å². The first-order valence-corrected chi connectivity index (χ1v) is 16.7. The van der Waals surface area contributed by atoms with Crippen LogP contribution in [0.4, 0.5) is 0 Å². The van der Waals surface area contributed by atoms with Gasteiger partial charge in [-0.1, -0.05) is 84.9 Å². The molecule has 0 spiro atoms. The molecule has 0 heterocycles. The van der Waals surface area contributed by atoms with E-state index in [2.05, 4.69) is 46.6 Å². The first-order valence-electron chi connectivity index (χ1n) is 9.88. The van der Waals surface area contributed by atoms with Gasteiger partial charge < -0.3 is 4.43 Å². The van der Waals surface area contributed by atoms with Gasteiger partial charge in [0, 0.05) is 14.2 Å². The van der Waals surface area contributed by atoms with E-state index < -0.39 is 16.4 Å². The van der Waals surface area contributed by atoms with Crippen LogP contribution in [0.3, 0.4) is 0 Å². The topological polar surface area (TPSA) is 9.23 Å². The SMILES string of the molecule is CCCCCCCCC(CCCC)O[Si](C)(C)C[Si](C)(C)C. The third-order valence-corrected chi connectivity index (χ3v) is 12.8. The molecule has 134 valence electrons. The Hall–Kier alpha value is 0.394. The summed E-state index contributed by atoms with van der Waals surface area (Å²) in [5.41, 5.74) is 1.40. The Morgan fingerprint density at radius 3 is 1.73 bits per heavy atom. The fraction of sp³-hybridized carbons (Fsp3) is 1.00. The first kappa shape index (κ1) is 22.4. The Balaban J connectivity index is 4.20. The second-order valence-corrected chi connectivity index (χ2v) is 19.2. The minimum atomic E-state index is -1.47. The molecule has 0 radical (unpaired) electrons. The van der Waals surface area contributed by atoms with Crippen LogP contribution in [0.15, 0.2) is 0 Å². The third-order valence-electron chi connectivity index (χ3n) is 4.20. The van der Waals surface area contributed by atoms with Gasteiger partial charge in [0.15, 0.2) is 8.32 Å². The van der Waals surface area contributed by atoms with E-state index in [0.29, 0.717) is 6.10 Å². The number of hydrogen-bond donors (Lipinski definition) is 0. The molecule has 0 bridgehead atoms. The van der Waals surface area contributed by atoms with Crippen LogP contribution in [0.2, 0.25) is 38.4 Å². The van der Waals surface area contributed by atoms with Gasteiger partial charge in [0.2, 0.25) is 0 Å². The average molecular weight is 345 g/mol. The van der Waals surface area contributed by atoms with Crippen molar-refractivity contribution in [1.82, 2.24) is 0 Å². The van der Waals surface area contributed by atoms with Gasteiger partial charge in [-0.25, -0.2) is 0 Å². The van der Waals surface area contributed by atoms with Gasteiger partial charge in [0.05, 0.1) is 0 Å². The van der Waals surface area contributed by atoms with Crippen molar-refractivity contribution in [2.24, 2.45) is 0 Å². The minimum absolute atomic E-state index is 0.546. The van der Waals surface area contributed by atoms with Crippen molar-refractivity contribution in [3.8, 4) is 0 Å². The van der Waals surface area contributed by atoms with Gasteiger partial charge in [-0.2, -0.15) is 0 Å². The van der Waals surface area contributed by atoms with Crippen molar-refractivity contribution >= 4 is 16.4 Å². The van der Waals surface area contributed by atoms with Crippen LogP contribution in [0, 0.1) is 0 Å². The fourth-order valence-corrected chi connectivity index (χ4v) is 15.3. The zero-order valence-corrected chi connectivity index (χ0v) is 18.8. The molecule has 0 aliphatic carbocycles. The summed E-state index contributed by atoms with van der Waals surface area (Å²) in [7, 11) is -2.48. The second kappa shape index (κ2) is 11.9. The lowest BCUT2D eigenvalue weighted by Crippen LogP contribution is -2.42. The van der Waals surface area contributed by atoms with Gasteiger partial charge in [0.25, 0.3) is 0 Å². The van der Waals surface area contributed by atoms with E-state index in [1.165, 1.54) is 69.9 Å². The summed E-state index contributed by atoms with van der Waals surface area (Å²) >= 11 is 0. The Kier molecular flexibility index (Phi) is 12.1. The van der Waals surface area contributed by atoms with E-state index in [0.717, 1.165) is 0 Å². The van der Waals surface area contributed by atoms with Crippen LogP contribution in [0.1, 0.15) is 78.1 Å². The zero-order valence-electron chi connectivity index (χ0n) is 16.8. The van der Waals surface area contributed by atoms with Crippen LogP contribution in [0.5, 0.6) is 0 Å². The molecule has 0 fully saturated rings. The Labute approximate surface area is 143 Å². The van der Waals surface area contributed by atoms with Crippen LogP contribution in [-0.2, 0) is 4.43 Å². The van der Waals surface area contributed by atoms with Crippen molar-refractivity contribution in [2.75, 3.05) is 0 Å². The van der Waals surface area contributed by atoms with Crippen LogP contribution >= 0.6 is 0 Å². The molecule has 0 aromatic rings. The lowest BCUT2D eigenvalue weighted by molar-refractivity contribution is 0.165. The summed E-state index contributed by atoms with van der Waals surface area (Å²) in [4.78, 5) is 0. The van der Waals surface area contributed by atoms with Crippen LogP contribution < -0.4 is 0 Å². The lowest BCUT2D eigenvalue weighted by atomic mass is 10.0. The van der Waals surface area contributed by atoms with E-state index in [9.17, 15) is 0 Å². The molecule has 0 N–H and O–H groups in total. The maximum absolute atomic E-state index is 6.72. The molecule has 0 aromatic heterocycles. The Bertz CT molecular complexity index is 259. The van der Waals surface area contributed by atoms with Gasteiger partial charge in [0.1, 0.15) is 0 Å². The molecule has 0 amide bonds. The average Bonchev–Trinajstić information content (AvgIpc) is 2.36. The highest BCUT2D eigenvalue weighted by molar-refractivity contribution is 6.92. The van der Waals surface area contributed by atoms with Crippen LogP contribution in [0.25, 0.3) is 0 Å². The van der Waals surface area contributed by atoms with Crippen molar-refractivity contribution in [1.29, 1.82) is 0 Å². The number of hydrogen-bond acceptors (Lipinski definition) is 1. The summed E-state index contributed by atoms with van der Waals surface area (Å²) in [6, 6.07) is 0. The molecule has 0 aliphatic heterocycles. The highest BCUT2D eigenvalue weighted by atomic mass is 28.4. The molecule has 22 heavy (non-hydrogen) atoms. The van der Waals surface area contributed by atoms with Gasteiger partial charge >= 0.3 is 0 Å². The van der Waals surface area contributed by atoms with Crippen molar-refractivity contribution in [3.63, 3.8) is 0 Å². The summed E-state index contributed by atoms with van der Waals surface area (Å²) in [6.07, 6.45) is 14.1. The molecule has 1 atom stereocenters. The number of unbranched alkanes of at least 4 members (excludes halogenated alkanes) is 6. The monoisotopic (exact) mass is 344 g/mol. The van der Waals surface area contributed by atoms with Crippen molar-refractivity contribution in [2.45, 2.75) is 123 Å². The molecular weight excluding hydrogens is 300 g/mol. The summed E-state index contributed by atoms with van der Waals surface area (Å²) in [5.74, 6) is 0. The van der Waals surface area contributed by atoms with Crippen molar-refractivity contribution in [3.05, 3.63) is 0 Å². The van der Waals surface area contributed by atoms with E-state index >= 15 is 0 Å². The summed E-state index contributed by atoms with van der Waals surface area (Å²) in [5, 5.41) is 0. The van der Waals surface area contributed by atoms with E-state index in [1.54, 1.807) is 0 Å². The molecule has 1 unspecified atom stereocenters. The van der Waals surface area contributed by atoms with Gasteiger partial charge in [-0.3, -0.25) is 0 Å². The third kappa shape index (κ3) is 14.0. The minimum Gasteiger partial charge on any atom is -0.415 e. The standard InChI is InChI=1S/C19H44OSi2/c1-8-10-12-13-14-15-17-19(16-11-9-2)20-22(6,7)18-21(3,4)5/h19H,8-18H2,1-7H3. The molecule has 0 rings (SSSR count). The molecule has 0 aliphatic rings. The molecular formula is C19H44OSi2. The molecule has 1 nitrogen and oxygen atoms in total. The highest BCUT2D eigenvalue weighted by Gasteiger charge is 2.32. The largest absolute Gasteiger partial charge is 0.415 e. The molecule has 3 heteroatoms. The maximum Gasteiger partial charge on any atom is 0.184 e. The fourth-order valence-electron chi connectivity index (χ4n) is 3.62. The predicted octanol–water partition coefficient (Wildman–Crippen LogP) is 7.39. The van der Waals surface area contributed by atoms with E-state index in [4.69, 9.17) is 4.43 Å². The van der Waals surface area contributed by atoms with Gasteiger partial charge in [-0.05, 0) is 31.6 Å². The maximum atomic E-state index is 6.72. The molecule has 0 saturated heterocycles. The highest BCUT2D eigenvalue weighted by Crippen LogP contribution is 2.25. The smallest absolute Gasteiger partial charge is 0.184 e. The van der Waals surface area contributed by atoms with Crippen molar-refractivity contribution < 1.29 is 4.43 Å². The van der Waals surface area contributed by atoms with E-state index in [1.807, 2.05) is 0 Å². The second-order valence-electron chi connectivity index (χ2n) is 8.94. The quantitative estimate of drug-likeness (QED) is 0.236. The zero-order chi connectivity index (χ0) is 17.1. The number of rotatable bonds is 14. The Morgan fingerprint density at radius 1 is 0.682 bits per heavy atom. The Morgan fingerprint density at radius 2 is 1.18 bits per heavy atom. The lowest BCUT2D eigenvalue weighted by Gasteiger charge is -2.33. The normalized spacial score (nSPS) is 14.3.